The van der Waals surface area contributed by atoms with E-state index >= 15 is 0 Å². The number of amides is 4. The van der Waals surface area contributed by atoms with Crippen LogP contribution in [0.5, 0.6) is 0 Å². The predicted octanol–water partition coefficient (Wildman–Crippen LogP) is 9.57. The van der Waals surface area contributed by atoms with Crippen LogP contribution in [0.15, 0.2) is 91.1 Å². The lowest BCUT2D eigenvalue weighted by Gasteiger charge is -2.30. The molecule has 10 rings (SSSR count). The van der Waals surface area contributed by atoms with Crippen LogP contribution < -0.4 is 10.6 Å². The molecule has 2 aliphatic carbocycles. The molecule has 4 amide bonds. The largest absolute Gasteiger partial charge is 0.453 e. The van der Waals surface area contributed by atoms with Crippen molar-refractivity contribution < 1.29 is 28.7 Å². The van der Waals surface area contributed by atoms with Crippen LogP contribution >= 0.6 is 0 Å². The summed E-state index contributed by atoms with van der Waals surface area (Å²) < 4.78 is 11.2. The number of hydrogen-bond donors (Lipinski definition) is 4. The van der Waals surface area contributed by atoms with Crippen molar-refractivity contribution in [1.29, 1.82) is 0 Å². The van der Waals surface area contributed by atoms with Crippen molar-refractivity contribution >= 4 is 45.6 Å². The van der Waals surface area contributed by atoms with E-state index in [1.54, 1.807) is 0 Å². The second-order valence-electron chi connectivity index (χ2n) is 20.1. The monoisotopic (exact) mass is 932 g/mol. The van der Waals surface area contributed by atoms with Gasteiger partial charge < -0.3 is 39.9 Å². The zero-order chi connectivity index (χ0) is 47.6. The molecular weight excluding hydrogens is 869 g/mol. The number of rotatable bonds is 15. The Kier molecular flexibility index (Phi) is 13.5. The molecule has 2 aromatic heterocycles. The number of carbonyl (C=O) groups excluding carboxylic acids is 4. The van der Waals surface area contributed by atoms with Gasteiger partial charge in [0.25, 0.3) is 0 Å². The molecule has 0 radical (unpaired) electrons. The SMILES string of the molecule is COC(=O)N[C@H](C(=O)N1CCC[C@H]1c1ncc(-c2ccc(-c3ccc4c(ccc5[nH]c([C@@H]6C[C@H](COCC7CCCCC7)CN6C(=O)[C@H](NC(=O)C6CC6)c6ccccc6)nc54)c3)cc2)[nH]1)C(C)C. The van der Waals surface area contributed by atoms with E-state index in [0.717, 1.165) is 93.7 Å². The first-order valence-electron chi connectivity index (χ1n) is 25.1. The Balaban J connectivity index is 0.871. The number of nitrogens with zero attached hydrogens (tertiary/aromatic N) is 4. The van der Waals surface area contributed by atoms with Gasteiger partial charge in [-0.05, 0) is 96.6 Å². The number of benzene rings is 4. The highest BCUT2D eigenvalue weighted by molar-refractivity contribution is 6.05. The maximum absolute atomic E-state index is 14.8. The molecule has 2 saturated heterocycles. The minimum absolute atomic E-state index is 0.0306. The van der Waals surface area contributed by atoms with Crippen molar-refractivity contribution in [3.63, 3.8) is 0 Å². The third kappa shape index (κ3) is 9.99. The molecule has 2 saturated carbocycles. The van der Waals surface area contributed by atoms with Gasteiger partial charge in [0.05, 0.1) is 48.7 Å². The van der Waals surface area contributed by atoms with Crippen LogP contribution in [-0.4, -0.2) is 93.0 Å². The number of carbonyl (C=O) groups is 4. The summed E-state index contributed by atoms with van der Waals surface area (Å²) in [7, 11) is 1.30. The van der Waals surface area contributed by atoms with Gasteiger partial charge in [-0.1, -0.05) is 106 Å². The van der Waals surface area contributed by atoms with E-state index in [-0.39, 0.29) is 47.6 Å². The van der Waals surface area contributed by atoms with E-state index in [1.165, 1.54) is 39.2 Å². The fourth-order valence-electron chi connectivity index (χ4n) is 10.9. The Hall–Kier alpha value is -6.54. The van der Waals surface area contributed by atoms with Crippen LogP contribution in [0.2, 0.25) is 0 Å². The second kappa shape index (κ2) is 20.2. The number of hydrogen-bond acceptors (Lipinski definition) is 8. The molecule has 69 heavy (non-hydrogen) atoms. The fourth-order valence-corrected chi connectivity index (χ4v) is 10.9. The summed E-state index contributed by atoms with van der Waals surface area (Å²) in [5.41, 5.74) is 6.50. The Labute approximate surface area is 403 Å². The second-order valence-corrected chi connectivity index (χ2v) is 20.1. The number of aromatic amines is 2. The quantitative estimate of drug-likeness (QED) is 0.0788. The number of nitrogens with one attached hydrogen (secondary N) is 4. The molecule has 4 aliphatic rings. The van der Waals surface area contributed by atoms with Gasteiger partial charge in [0.2, 0.25) is 17.7 Å². The normalized spacial score (nSPS) is 20.7. The number of ether oxygens (including phenoxy) is 2. The summed E-state index contributed by atoms with van der Waals surface area (Å²) in [6, 6.07) is 26.6. The maximum atomic E-state index is 14.8. The summed E-state index contributed by atoms with van der Waals surface area (Å²) in [6.45, 7) is 6.27. The summed E-state index contributed by atoms with van der Waals surface area (Å²) in [4.78, 5) is 74.6. The molecule has 2 aliphatic heterocycles. The molecule has 6 aromatic rings. The number of alkyl carbamates (subject to hydrolysis) is 1. The van der Waals surface area contributed by atoms with E-state index < -0.39 is 18.2 Å². The van der Waals surface area contributed by atoms with Gasteiger partial charge in [0.1, 0.15) is 23.7 Å². The van der Waals surface area contributed by atoms with Gasteiger partial charge >= 0.3 is 6.09 Å². The summed E-state index contributed by atoms with van der Waals surface area (Å²) in [5, 5.41) is 7.92. The highest BCUT2D eigenvalue weighted by Gasteiger charge is 2.43. The van der Waals surface area contributed by atoms with E-state index in [4.69, 9.17) is 19.4 Å². The molecule has 4 N–H and O–H groups in total. The van der Waals surface area contributed by atoms with Gasteiger partial charge in [-0.15, -0.1) is 0 Å². The minimum atomic E-state index is -0.791. The first-order chi connectivity index (χ1) is 33.6. The Morgan fingerprint density at radius 1 is 0.739 bits per heavy atom. The average molecular weight is 933 g/mol. The number of fused-ring (bicyclic) bond motifs is 3. The highest BCUT2D eigenvalue weighted by atomic mass is 16.5. The smallest absolute Gasteiger partial charge is 0.407 e. The van der Waals surface area contributed by atoms with Crippen molar-refractivity contribution in [2.75, 3.05) is 33.4 Å². The van der Waals surface area contributed by atoms with Crippen molar-refractivity contribution in [1.82, 2.24) is 40.4 Å². The van der Waals surface area contributed by atoms with E-state index in [2.05, 4.69) is 75.2 Å². The average Bonchev–Trinajstić information content (AvgIpc) is 3.73. The molecule has 4 fully saturated rings. The molecule has 0 bridgehead atoms. The van der Waals surface area contributed by atoms with Crippen molar-refractivity contribution in [3.05, 3.63) is 108 Å². The molecule has 14 nitrogen and oxygen atoms in total. The summed E-state index contributed by atoms with van der Waals surface area (Å²) in [5.74, 6) is 1.73. The molecule has 0 spiro atoms. The summed E-state index contributed by atoms with van der Waals surface area (Å²) in [6.07, 6.45) is 11.5. The first-order valence-corrected chi connectivity index (χ1v) is 25.1. The zero-order valence-electron chi connectivity index (χ0n) is 39.9. The highest BCUT2D eigenvalue weighted by Crippen LogP contribution is 2.40. The van der Waals surface area contributed by atoms with Crippen LogP contribution in [0.1, 0.15) is 113 Å². The topological polar surface area (TPSA) is 175 Å². The molecular formula is C55H64N8O6. The van der Waals surface area contributed by atoms with Gasteiger partial charge in [0.15, 0.2) is 0 Å². The standard InChI is InChI=1S/C55H64N8O6/c1-33(2)47(61-55(67)68-3)53(65)62-26-10-15-45(62)50-56-29-44(58-50)37-18-16-36(17-19-37)40-22-24-42-41(28-40)23-25-43-49(42)59-51(57-43)46-27-35(32-69-31-34-11-6-4-7-12-34)30-63(46)54(66)48(38-13-8-5-9-14-38)60-52(64)39-20-21-39/h5,8-9,13-14,16-19,22-25,28-29,33-35,39,45-48H,4,6-7,10-12,15,20-21,26-27,30-32H2,1-3H3,(H,56,58)(H,57,59)(H,60,64)(H,61,67)/t35-,45-,46-,47-,48+/m0/s1. The third-order valence-corrected chi connectivity index (χ3v) is 14.9. The van der Waals surface area contributed by atoms with Crippen LogP contribution in [0.25, 0.3) is 44.2 Å². The van der Waals surface area contributed by atoms with Gasteiger partial charge in [-0.2, -0.15) is 0 Å². The van der Waals surface area contributed by atoms with Gasteiger partial charge in [-0.25, -0.2) is 14.8 Å². The molecule has 4 aromatic carbocycles. The minimum Gasteiger partial charge on any atom is -0.453 e. The fraction of sp³-hybridized carbons (Fsp3) is 0.455. The molecule has 5 atom stereocenters. The van der Waals surface area contributed by atoms with Crippen LogP contribution in [0.4, 0.5) is 4.79 Å². The number of aromatic nitrogens is 4. The Morgan fingerprint density at radius 2 is 1.49 bits per heavy atom. The van der Waals surface area contributed by atoms with E-state index in [9.17, 15) is 19.2 Å². The third-order valence-electron chi connectivity index (χ3n) is 14.9. The number of H-pyrrole nitrogens is 2. The summed E-state index contributed by atoms with van der Waals surface area (Å²) >= 11 is 0. The molecule has 4 heterocycles. The number of methoxy groups -OCH3 is 1. The van der Waals surface area contributed by atoms with Gasteiger partial charge in [-0.3, -0.25) is 14.4 Å². The molecule has 0 unspecified atom stereocenters. The lowest BCUT2D eigenvalue weighted by Crippen LogP contribution is -2.51. The van der Waals surface area contributed by atoms with Crippen LogP contribution in [-0.2, 0) is 23.9 Å². The van der Waals surface area contributed by atoms with E-state index in [0.29, 0.717) is 32.0 Å². The first kappa shape index (κ1) is 46.2. The van der Waals surface area contributed by atoms with E-state index in [1.807, 2.05) is 60.2 Å². The van der Waals surface area contributed by atoms with Crippen molar-refractivity contribution in [2.45, 2.75) is 102 Å². The zero-order valence-corrected chi connectivity index (χ0v) is 39.9. The Morgan fingerprint density at radius 3 is 2.25 bits per heavy atom. The lowest BCUT2D eigenvalue weighted by molar-refractivity contribution is -0.138. The molecule has 360 valence electrons. The maximum Gasteiger partial charge on any atom is 0.407 e. The van der Waals surface area contributed by atoms with Crippen LogP contribution in [0, 0.1) is 23.7 Å². The predicted molar refractivity (Wildman–Crippen MR) is 264 cm³/mol. The molecule has 14 heteroatoms. The van der Waals surface area contributed by atoms with Crippen molar-refractivity contribution in [3.8, 4) is 22.4 Å². The Bertz CT molecular complexity index is 2790. The number of likely N-dealkylation sites (tertiary alicyclic amines) is 2. The lowest BCUT2D eigenvalue weighted by atomic mass is 9.90. The number of imidazole rings is 2. The van der Waals surface area contributed by atoms with Crippen molar-refractivity contribution in [2.24, 2.45) is 23.7 Å². The van der Waals surface area contributed by atoms with Crippen LogP contribution in [0.3, 0.4) is 0 Å². The van der Waals surface area contributed by atoms with Gasteiger partial charge in [0, 0.05) is 36.9 Å².